The van der Waals surface area contributed by atoms with Crippen LogP contribution in [0.25, 0.3) is 0 Å². The van der Waals surface area contributed by atoms with Gasteiger partial charge in [-0.3, -0.25) is 14.4 Å². The molecule has 0 aliphatic rings. The highest BCUT2D eigenvalue weighted by molar-refractivity contribution is 5.83. The monoisotopic (exact) mass is 231 g/mol. The molecule has 0 aliphatic heterocycles. The Bertz CT molecular complexity index is 276. The Morgan fingerprint density at radius 2 is 1.88 bits per heavy atom. The maximum atomic E-state index is 11.2. The zero-order chi connectivity index (χ0) is 12.7. The average molecular weight is 231 g/mol. The molecule has 16 heavy (non-hydrogen) atoms. The molecule has 0 aliphatic carbocycles. The number of rotatable bonds is 7. The lowest BCUT2D eigenvalue weighted by molar-refractivity contribution is -0.153. The first-order valence-corrected chi connectivity index (χ1v) is 4.97. The SMILES string of the molecule is CNC(C(C)=O)[C@@H](C)OC(=O)CCC(=O)O. The maximum absolute atomic E-state index is 11.2. The van der Waals surface area contributed by atoms with E-state index in [0.29, 0.717) is 0 Å². The summed E-state index contributed by atoms with van der Waals surface area (Å²) in [5.41, 5.74) is 0. The van der Waals surface area contributed by atoms with Crippen LogP contribution in [-0.2, 0) is 19.1 Å². The molecule has 6 heteroatoms. The van der Waals surface area contributed by atoms with E-state index in [1.54, 1.807) is 14.0 Å². The largest absolute Gasteiger partial charge is 0.481 e. The van der Waals surface area contributed by atoms with E-state index < -0.39 is 24.1 Å². The minimum absolute atomic E-state index is 0.138. The van der Waals surface area contributed by atoms with Crippen molar-refractivity contribution in [1.82, 2.24) is 5.32 Å². The Morgan fingerprint density at radius 1 is 1.31 bits per heavy atom. The molecular formula is C10H17NO5. The fourth-order valence-corrected chi connectivity index (χ4v) is 1.31. The van der Waals surface area contributed by atoms with E-state index in [9.17, 15) is 14.4 Å². The zero-order valence-corrected chi connectivity index (χ0v) is 9.65. The zero-order valence-electron chi connectivity index (χ0n) is 9.65. The van der Waals surface area contributed by atoms with E-state index in [2.05, 4.69) is 5.32 Å². The third kappa shape index (κ3) is 5.45. The van der Waals surface area contributed by atoms with Gasteiger partial charge in [0.2, 0.25) is 0 Å². The molecule has 0 bridgehead atoms. The van der Waals surface area contributed by atoms with Crippen LogP contribution in [0.2, 0.25) is 0 Å². The van der Waals surface area contributed by atoms with Crippen LogP contribution in [0, 0.1) is 0 Å². The Hall–Kier alpha value is -1.43. The van der Waals surface area contributed by atoms with Gasteiger partial charge in [0.25, 0.3) is 0 Å². The number of hydrogen-bond donors (Lipinski definition) is 2. The first kappa shape index (κ1) is 14.6. The van der Waals surface area contributed by atoms with Gasteiger partial charge < -0.3 is 15.2 Å². The van der Waals surface area contributed by atoms with E-state index in [-0.39, 0.29) is 18.6 Å². The van der Waals surface area contributed by atoms with Crippen LogP contribution in [-0.4, -0.2) is 42.0 Å². The molecule has 0 spiro atoms. The normalized spacial score (nSPS) is 13.9. The number of aliphatic carboxylic acids is 1. The van der Waals surface area contributed by atoms with E-state index in [1.807, 2.05) is 0 Å². The molecule has 2 N–H and O–H groups in total. The number of likely N-dealkylation sites (N-methyl/N-ethyl adjacent to an activating group) is 1. The van der Waals surface area contributed by atoms with Crippen molar-refractivity contribution in [2.75, 3.05) is 7.05 Å². The summed E-state index contributed by atoms with van der Waals surface area (Å²) in [7, 11) is 1.59. The number of carboxylic acids is 1. The highest BCUT2D eigenvalue weighted by Crippen LogP contribution is 2.03. The number of nitrogens with one attached hydrogen (secondary N) is 1. The predicted octanol–water partition coefficient (Wildman–Crippen LogP) is -0.0401. The van der Waals surface area contributed by atoms with Crippen LogP contribution >= 0.6 is 0 Å². The van der Waals surface area contributed by atoms with Crippen LogP contribution in [0.4, 0.5) is 0 Å². The predicted molar refractivity (Wildman–Crippen MR) is 56.0 cm³/mol. The molecule has 0 saturated heterocycles. The Labute approximate surface area is 94.0 Å². The summed E-state index contributed by atoms with van der Waals surface area (Å²) < 4.78 is 4.93. The summed E-state index contributed by atoms with van der Waals surface area (Å²) in [5, 5.41) is 11.1. The number of esters is 1. The van der Waals surface area contributed by atoms with Gasteiger partial charge in [0, 0.05) is 0 Å². The van der Waals surface area contributed by atoms with Crippen LogP contribution in [0.1, 0.15) is 26.7 Å². The van der Waals surface area contributed by atoms with Crippen molar-refractivity contribution in [3.63, 3.8) is 0 Å². The number of carbonyl (C=O) groups is 3. The maximum Gasteiger partial charge on any atom is 0.306 e. The fourth-order valence-electron chi connectivity index (χ4n) is 1.31. The lowest BCUT2D eigenvalue weighted by Crippen LogP contribution is -2.43. The van der Waals surface area contributed by atoms with Gasteiger partial charge in [-0.1, -0.05) is 0 Å². The number of carbonyl (C=O) groups excluding carboxylic acids is 2. The van der Waals surface area contributed by atoms with Crippen molar-refractivity contribution in [2.24, 2.45) is 0 Å². The lowest BCUT2D eigenvalue weighted by Gasteiger charge is -2.21. The van der Waals surface area contributed by atoms with Gasteiger partial charge in [0.15, 0.2) is 0 Å². The quantitative estimate of drug-likeness (QED) is 0.597. The number of hydrogen-bond acceptors (Lipinski definition) is 5. The Balaban J connectivity index is 4.11. The summed E-state index contributed by atoms with van der Waals surface area (Å²) in [6, 6.07) is -0.561. The first-order chi connectivity index (χ1) is 7.38. The molecule has 0 aromatic carbocycles. The van der Waals surface area contributed by atoms with Gasteiger partial charge in [-0.2, -0.15) is 0 Å². The summed E-state index contributed by atoms with van der Waals surface area (Å²) in [5.74, 6) is -1.81. The Kier molecular flexibility index (Phi) is 6.32. The molecule has 0 amide bonds. The highest BCUT2D eigenvalue weighted by atomic mass is 16.5. The third-order valence-electron chi connectivity index (χ3n) is 2.08. The van der Waals surface area contributed by atoms with Gasteiger partial charge in [0.1, 0.15) is 17.9 Å². The van der Waals surface area contributed by atoms with Crippen LogP contribution in [0.15, 0.2) is 0 Å². The summed E-state index contributed by atoms with van der Waals surface area (Å²) in [6.07, 6.45) is -1.06. The number of ether oxygens (including phenoxy) is 1. The molecule has 1 unspecified atom stereocenters. The molecule has 2 atom stereocenters. The Morgan fingerprint density at radius 3 is 2.25 bits per heavy atom. The second-order valence-corrected chi connectivity index (χ2v) is 3.47. The molecule has 0 saturated carbocycles. The smallest absolute Gasteiger partial charge is 0.306 e. The molecule has 0 rings (SSSR count). The molecule has 0 heterocycles. The van der Waals surface area contributed by atoms with Crippen molar-refractivity contribution in [2.45, 2.75) is 38.8 Å². The van der Waals surface area contributed by atoms with Gasteiger partial charge in [-0.25, -0.2) is 0 Å². The highest BCUT2D eigenvalue weighted by Gasteiger charge is 2.23. The second kappa shape index (κ2) is 6.95. The van der Waals surface area contributed by atoms with Crippen molar-refractivity contribution >= 4 is 17.7 Å². The minimum atomic E-state index is -1.05. The molecule has 0 aromatic rings. The van der Waals surface area contributed by atoms with Gasteiger partial charge in [0.05, 0.1) is 12.8 Å². The number of ketones is 1. The van der Waals surface area contributed by atoms with Crippen molar-refractivity contribution in [3.8, 4) is 0 Å². The van der Waals surface area contributed by atoms with E-state index in [1.165, 1.54) is 6.92 Å². The standard InChI is InChI=1S/C10H17NO5/c1-6(12)10(11-3)7(2)16-9(15)5-4-8(13)14/h7,10-11H,4-5H2,1-3H3,(H,13,14)/t7-,10?/m1/s1. The van der Waals surface area contributed by atoms with Crippen LogP contribution in [0.5, 0.6) is 0 Å². The molecule has 0 aromatic heterocycles. The van der Waals surface area contributed by atoms with Gasteiger partial charge >= 0.3 is 11.9 Å². The van der Waals surface area contributed by atoms with E-state index in [0.717, 1.165) is 0 Å². The molecule has 6 nitrogen and oxygen atoms in total. The minimum Gasteiger partial charge on any atom is -0.481 e. The van der Waals surface area contributed by atoms with Crippen molar-refractivity contribution in [3.05, 3.63) is 0 Å². The molecular weight excluding hydrogens is 214 g/mol. The number of carboxylic acid groups (broad SMARTS) is 1. The van der Waals surface area contributed by atoms with Gasteiger partial charge in [-0.15, -0.1) is 0 Å². The topological polar surface area (TPSA) is 92.7 Å². The van der Waals surface area contributed by atoms with Crippen molar-refractivity contribution < 1.29 is 24.2 Å². The van der Waals surface area contributed by atoms with E-state index in [4.69, 9.17) is 9.84 Å². The molecule has 0 radical (unpaired) electrons. The molecule has 92 valence electrons. The van der Waals surface area contributed by atoms with E-state index >= 15 is 0 Å². The summed E-state index contributed by atoms with van der Waals surface area (Å²) >= 11 is 0. The van der Waals surface area contributed by atoms with Crippen LogP contribution < -0.4 is 5.32 Å². The van der Waals surface area contributed by atoms with Crippen molar-refractivity contribution in [1.29, 1.82) is 0 Å². The van der Waals surface area contributed by atoms with Crippen LogP contribution in [0.3, 0.4) is 0 Å². The lowest BCUT2D eigenvalue weighted by atomic mass is 10.1. The second-order valence-electron chi connectivity index (χ2n) is 3.47. The first-order valence-electron chi connectivity index (χ1n) is 4.97. The van der Waals surface area contributed by atoms with Gasteiger partial charge in [-0.05, 0) is 20.9 Å². The fraction of sp³-hybridized carbons (Fsp3) is 0.700. The summed E-state index contributed by atoms with van der Waals surface area (Å²) in [4.78, 5) is 32.5. The number of Topliss-reactive ketones (excluding diaryl/α,β-unsaturated/α-hetero) is 1. The average Bonchev–Trinajstić information content (AvgIpc) is 2.15. The third-order valence-corrected chi connectivity index (χ3v) is 2.08. The molecule has 0 fully saturated rings. The summed E-state index contributed by atoms with van der Waals surface area (Å²) in [6.45, 7) is 2.98.